The van der Waals surface area contributed by atoms with Crippen LogP contribution in [0.2, 0.25) is 0 Å². The fraction of sp³-hybridized carbons (Fsp3) is 0.231. The van der Waals surface area contributed by atoms with Crippen LogP contribution in [0.15, 0.2) is 34.9 Å². The molecular weight excluding hydrogens is 280 g/mol. The number of rotatable bonds is 1. The van der Waals surface area contributed by atoms with Crippen molar-refractivity contribution in [2.45, 2.75) is 6.42 Å². The summed E-state index contributed by atoms with van der Waals surface area (Å²) in [4.78, 5) is 3.33. The van der Waals surface area contributed by atoms with Crippen molar-refractivity contribution in [2.75, 3.05) is 13.1 Å². The van der Waals surface area contributed by atoms with Crippen molar-refractivity contribution >= 4 is 32.4 Å². The van der Waals surface area contributed by atoms with Crippen LogP contribution in [0.5, 0.6) is 0 Å². The molecule has 0 unspecified atom stereocenters. The van der Waals surface area contributed by atoms with Crippen molar-refractivity contribution in [3.8, 4) is 0 Å². The smallest absolute Gasteiger partial charge is 0.0461 e. The van der Waals surface area contributed by atoms with Crippen LogP contribution in [0.4, 0.5) is 0 Å². The number of halogens is 1. The Labute approximate surface area is 108 Å². The fourth-order valence-corrected chi connectivity index (χ4v) is 2.59. The molecule has 3 rings (SSSR count). The molecule has 0 fully saturated rings. The molecule has 0 saturated heterocycles. The summed E-state index contributed by atoms with van der Waals surface area (Å²) in [5.41, 5.74) is 4.00. The summed E-state index contributed by atoms with van der Waals surface area (Å²) in [5.74, 6) is 0. The standard InChI is InChI=1S/C13H13BrN2.H2O/c14-10-1-2-13-11(7-10)12(8-16-13)9-3-5-15-6-4-9;/h1-3,7-8,15-16H,4-6H2;1H2. The lowest BCUT2D eigenvalue weighted by atomic mass is 10.00. The first-order chi connectivity index (χ1) is 7.84. The highest BCUT2D eigenvalue weighted by Gasteiger charge is 2.10. The zero-order chi connectivity index (χ0) is 11.0. The molecule has 0 saturated carbocycles. The molecule has 17 heavy (non-hydrogen) atoms. The van der Waals surface area contributed by atoms with E-state index in [0.29, 0.717) is 0 Å². The maximum absolute atomic E-state index is 3.53. The maximum atomic E-state index is 3.53. The Morgan fingerprint density at radius 2 is 2.12 bits per heavy atom. The van der Waals surface area contributed by atoms with Gasteiger partial charge in [-0.25, -0.2) is 0 Å². The van der Waals surface area contributed by atoms with Gasteiger partial charge in [0.05, 0.1) is 0 Å². The molecule has 4 heteroatoms. The van der Waals surface area contributed by atoms with Crippen molar-refractivity contribution in [1.29, 1.82) is 0 Å². The highest BCUT2D eigenvalue weighted by atomic mass is 79.9. The van der Waals surface area contributed by atoms with Crippen molar-refractivity contribution in [3.05, 3.63) is 40.5 Å². The Kier molecular flexibility index (Phi) is 3.66. The van der Waals surface area contributed by atoms with Gasteiger partial charge in [-0.05, 0) is 36.7 Å². The molecule has 3 nitrogen and oxygen atoms in total. The van der Waals surface area contributed by atoms with E-state index in [1.54, 1.807) is 0 Å². The van der Waals surface area contributed by atoms with Crippen LogP contribution in [0.25, 0.3) is 16.5 Å². The van der Waals surface area contributed by atoms with E-state index >= 15 is 0 Å². The van der Waals surface area contributed by atoms with E-state index < -0.39 is 0 Å². The van der Waals surface area contributed by atoms with Crippen LogP contribution >= 0.6 is 15.9 Å². The van der Waals surface area contributed by atoms with Crippen molar-refractivity contribution < 1.29 is 5.48 Å². The molecule has 2 aromatic rings. The van der Waals surface area contributed by atoms with Gasteiger partial charge >= 0.3 is 0 Å². The Balaban J connectivity index is 0.00000108. The van der Waals surface area contributed by atoms with Crippen molar-refractivity contribution in [1.82, 2.24) is 10.3 Å². The first kappa shape index (κ1) is 12.4. The Morgan fingerprint density at radius 3 is 2.88 bits per heavy atom. The molecule has 1 aromatic carbocycles. The van der Waals surface area contributed by atoms with Gasteiger partial charge in [-0.2, -0.15) is 0 Å². The van der Waals surface area contributed by atoms with Gasteiger partial charge in [-0.3, -0.25) is 0 Å². The van der Waals surface area contributed by atoms with Crippen LogP contribution in [0.3, 0.4) is 0 Å². The summed E-state index contributed by atoms with van der Waals surface area (Å²) in [6.07, 6.45) is 5.51. The van der Waals surface area contributed by atoms with E-state index in [0.717, 1.165) is 24.0 Å². The second-order valence-electron chi connectivity index (χ2n) is 4.08. The van der Waals surface area contributed by atoms with Crippen LogP contribution in [0.1, 0.15) is 12.0 Å². The number of benzene rings is 1. The van der Waals surface area contributed by atoms with E-state index in [-0.39, 0.29) is 5.48 Å². The number of H-pyrrole nitrogens is 1. The normalized spacial score (nSPS) is 15.5. The monoisotopic (exact) mass is 294 g/mol. The first-order valence-electron chi connectivity index (χ1n) is 5.51. The average molecular weight is 295 g/mol. The van der Waals surface area contributed by atoms with Gasteiger partial charge in [-0.1, -0.05) is 22.0 Å². The molecule has 90 valence electrons. The highest BCUT2D eigenvalue weighted by molar-refractivity contribution is 9.10. The van der Waals surface area contributed by atoms with Crippen LogP contribution in [-0.4, -0.2) is 23.5 Å². The van der Waals surface area contributed by atoms with Crippen molar-refractivity contribution in [2.24, 2.45) is 0 Å². The van der Waals surface area contributed by atoms with Gasteiger partial charge in [0.25, 0.3) is 0 Å². The summed E-state index contributed by atoms with van der Waals surface area (Å²) in [6, 6.07) is 6.37. The molecule has 0 radical (unpaired) electrons. The summed E-state index contributed by atoms with van der Waals surface area (Å²) in [5, 5.41) is 4.65. The largest absolute Gasteiger partial charge is 0.412 e. The highest BCUT2D eigenvalue weighted by Crippen LogP contribution is 2.29. The van der Waals surface area contributed by atoms with Gasteiger partial charge in [0.2, 0.25) is 0 Å². The summed E-state index contributed by atoms with van der Waals surface area (Å²) >= 11 is 3.53. The van der Waals surface area contributed by atoms with Crippen LogP contribution < -0.4 is 5.32 Å². The minimum absolute atomic E-state index is 0. The number of aromatic amines is 1. The SMILES string of the molecule is Brc1ccc2[nH]cc(C3=CCNCC3)c2c1.O. The second kappa shape index (κ2) is 5.04. The van der Waals surface area contributed by atoms with E-state index in [1.807, 2.05) is 0 Å². The number of nitrogens with one attached hydrogen (secondary N) is 2. The van der Waals surface area contributed by atoms with Crippen LogP contribution in [0, 0.1) is 0 Å². The van der Waals surface area contributed by atoms with Gasteiger partial charge in [0.1, 0.15) is 0 Å². The molecule has 1 aliphatic rings. The molecule has 1 aliphatic heterocycles. The molecule has 0 bridgehead atoms. The average Bonchev–Trinajstić information content (AvgIpc) is 2.73. The zero-order valence-electron chi connectivity index (χ0n) is 9.39. The molecule has 0 spiro atoms. The molecule has 1 aromatic heterocycles. The third-order valence-electron chi connectivity index (χ3n) is 3.05. The van der Waals surface area contributed by atoms with E-state index in [9.17, 15) is 0 Å². The number of fused-ring (bicyclic) bond motifs is 1. The number of hydrogen-bond acceptors (Lipinski definition) is 1. The third kappa shape index (κ3) is 2.29. The van der Waals surface area contributed by atoms with E-state index in [4.69, 9.17) is 0 Å². The van der Waals surface area contributed by atoms with Gasteiger partial charge in [0.15, 0.2) is 0 Å². The first-order valence-corrected chi connectivity index (χ1v) is 6.30. The Bertz CT molecular complexity index is 560. The van der Waals surface area contributed by atoms with E-state index in [1.165, 1.54) is 22.0 Å². The summed E-state index contributed by atoms with van der Waals surface area (Å²) in [7, 11) is 0. The predicted octanol–water partition coefficient (Wildman–Crippen LogP) is 2.48. The fourth-order valence-electron chi connectivity index (χ4n) is 2.23. The lowest BCUT2D eigenvalue weighted by molar-refractivity contribution is 0.739. The Hall–Kier alpha value is -1.10. The predicted molar refractivity (Wildman–Crippen MR) is 75.1 cm³/mol. The Morgan fingerprint density at radius 1 is 1.24 bits per heavy atom. The third-order valence-corrected chi connectivity index (χ3v) is 3.55. The van der Waals surface area contributed by atoms with Crippen molar-refractivity contribution in [3.63, 3.8) is 0 Å². The van der Waals surface area contributed by atoms with Gasteiger partial charge in [0, 0.05) is 33.7 Å². The molecule has 4 N–H and O–H groups in total. The molecule has 0 amide bonds. The quantitative estimate of drug-likeness (QED) is 0.834. The molecule has 0 atom stereocenters. The lowest BCUT2D eigenvalue weighted by Crippen LogP contribution is -2.19. The van der Waals surface area contributed by atoms with Gasteiger partial charge in [-0.15, -0.1) is 0 Å². The summed E-state index contributed by atoms with van der Waals surface area (Å²) < 4.78 is 1.13. The summed E-state index contributed by atoms with van der Waals surface area (Å²) in [6.45, 7) is 2.06. The van der Waals surface area contributed by atoms with E-state index in [2.05, 4.69) is 56.7 Å². The molecule has 2 heterocycles. The number of aromatic nitrogens is 1. The topological polar surface area (TPSA) is 59.3 Å². The van der Waals surface area contributed by atoms with Gasteiger partial charge < -0.3 is 15.8 Å². The van der Waals surface area contributed by atoms with Crippen LogP contribution in [-0.2, 0) is 0 Å². The minimum atomic E-state index is 0. The molecular formula is C13H15BrN2O. The maximum Gasteiger partial charge on any atom is 0.0461 e. The lowest BCUT2D eigenvalue weighted by Gasteiger charge is -2.13. The second-order valence-corrected chi connectivity index (χ2v) is 4.99. The molecule has 0 aliphatic carbocycles. The zero-order valence-corrected chi connectivity index (χ0v) is 11.0. The minimum Gasteiger partial charge on any atom is -0.412 e. The number of hydrogen-bond donors (Lipinski definition) is 2.